The van der Waals surface area contributed by atoms with E-state index in [-0.39, 0.29) is 12.5 Å². The number of Topliss-reactive ketones (excluding diaryl/α,β-unsaturated/α-hetero) is 1. The summed E-state index contributed by atoms with van der Waals surface area (Å²) in [5, 5.41) is 15.2. The first-order chi connectivity index (χ1) is 35.8. The van der Waals surface area contributed by atoms with Gasteiger partial charge in [0, 0.05) is 39.5 Å². The van der Waals surface area contributed by atoms with Crippen molar-refractivity contribution in [3.63, 3.8) is 0 Å². The number of thioether (sulfide) groups is 1. The van der Waals surface area contributed by atoms with Crippen molar-refractivity contribution in [1.82, 2.24) is 16.0 Å². The molecule has 460 valence electrons. The summed E-state index contributed by atoms with van der Waals surface area (Å²) < 4.78 is 5.48. The maximum absolute atomic E-state index is 11.0. The Morgan fingerprint density at radius 1 is 0.816 bits per heavy atom. The van der Waals surface area contributed by atoms with Crippen LogP contribution in [0.25, 0.3) is 0 Å². The van der Waals surface area contributed by atoms with Gasteiger partial charge in [-0.05, 0) is 112 Å². The molecule has 13 heteroatoms. The molecule has 7 unspecified atom stereocenters. The van der Waals surface area contributed by atoms with Gasteiger partial charge >= 0.3 is 0 Å². The number of nitrogens with one attached hydrogen (secondary N) is 3. The first-order valence-corrected chi connectivity index (χ1v) is 30.4. The number of amides is 4. The molecule has 0 aromatic heterocycles. The van der Waals surface area contributed by atoms with Crippen molar-refractivity contribution in [2.75, 3.05) is 33.6 Å². The predicted molar refractivity (Wildman–Crippen MR) is 338 cm³/mol. The number of hydrogen-bond donors (Lipinski definition) is 5. The number of carbonyl (C=O) groups is 6. The van der Waals surface area contributed by atoms with Crippen LogP contribution in [0.15, 0.2) is 23.8 Å². The van der Waals surface area contributed by atoms with Gasteiger partial charge in [0.25, 0.3) is 0 Å². The van der Waals surface area contributed by atoms with E-state index in [0.717, 1.165) is 69.1 Å². The molecule has 0 saturated carbocycles. The number of methoxy groups -OCH3 is 1. The lowest BCUT2D eigenvalue weighted by Gasteiger charge is -2.26. The van der Waals surface area contributed by atoms with Crippen molar-refractivity contribution in [2.24, 2.45) is 46.7 Å². The first kappa shape index (κ1) is 95.3. The molecule has 0 fully saturated rings. The monoisotopic (exact) mass is 1110 g/mol. The molecule has 0 bridgehead atoms. The number of rotatable bonds is 28. The van der Waals surface area contributed by atoms with Crippen LogP contribution < -0.4 is 21.7 Å². The Balaban J connectivity index is -0.0000000835. The van der Waals surface area contributed by atoms with Gasteiger partial charge < -0.3 is 41.1 Å². The molecule has 0 radical (unpaired) electrons. The topological polar surface area (TPSA) is 194 Å². The normalized spacial score (nSPS) is 13.7. The van der Waals surface area contributed by atoms with E-state index >= 15 is 0 Å². The highest BCUT2D eigenvalue weighted by molar-refractivity contribution is 7.99. The second-order valence-electron chi connectivity index (χ2n) is 20.9. The van der Waals surface area contributed by atoms with Crippen molar-refractivity contribution in [3.8, 4) is 0 Å². The average Bonchev–Trinajstić information content (AvgIpc) is 3.38. The Morgan fingerprint density at radius 2 is 1.32 bits per heavy atom. The highest BCUT2D eigenvalue weighted by Gasteiger charge is 2.20. The van der Waals surface area contributed by atoms with E-state index in [1.807, 2.05) is 27.9 Å². The molecule has 6 N–H and O–H groups in total. The molecule has 0 aromatic carbocycles. The molecule has 1 rings (SSSR count). The van der Waals surface area contributed by atoms with E-state index in [2.05, 4.69) is 176 Å². The number of aliphatic hydroxyl groups is 1. The van der Waals surface area contributed by atoms with Crippen LogP contribution >= 0.6 is 11.8 Å². The van der Waals surface area contributed by atoms with Crippen molar-refractivity contribution >= 4 is 49.5 Å². The third kappa shape index (κ3) is 99.9. The van der Waals surface area contributed by atoms with Crippen LogP contribution in [0, 0.1) is 40.9 Å². The first-order valence-electron chi connectivity index (χ1n) is 29.4. The number of primary amides is 1. The summed E-state index contributed by atoms with van der Waals surface area (Å²) in [6, 6.07) is -0.353. The summed E-state index contributed by atoms with van der Waals surface area (Å²) in [7, 11) is 4.40. The van der Waals surface area contributed by atoms with Crippen LogP contribution in [-0.4, -0.2) is 93.8 Å². The fourth-order valence-corrected chi connectivity index (χ4v) is 7.13. The van der Waals surface area contributed by atoms with Gasteiger partial charge in [0.2, 0.25) is 25.6 Å². The standard InChI is InChI=1S/C12H24O.C11H15NO2.C11H24O.C11H24S.C5H11NO.C4H10.C3H8.C2H5NO.C2H6.CH3NO.CH4O/c1-5-6-7-8-12(10(2)3)9-11(4)13;1-9-2-4-10(5-3-9)6-11(7-13)12-8-14;1-6-8-11(12-5)10(4)9(3)7-2;1-6-10(2)12-9-7-8-11(3,4)5;1-2-3-4-6-5-7;1-4(2)3;1-3-2;1-3-2-4;1-2;2-1-3;1-2/h10,12H,5-9H2,1-4H3;2-4,7-8,10-11H,5-6H2,1H3,(H,12,14);9-11H,6-8H2,1-5H3;10H,6-9H2,1-5H3;5H,2-4H2,1H3,(H,6,7);4H,1-3H3;3H2,1-2H3;2H,1H3,(H,3,4);1-2H3;1H,(H2,2,3);2H,1H3. The van der Waals surface area contributed by atoms with Gasteiger partial charge in [0.05, 0.1) is 12.1 Å². The number of unbranched alkanes of at least 4 members (excludes halogenated alkanes) is 3. The number of aliphatic hydroxyl groups excluding tert-OH is 1. The number of nitrogens with two attached hydrogens (primary N) is 1. The van der Waals surface area contributed by atoms with Crippen molar-refractivity contribution in [2.45, 2.75) is 272 Å². The maximum atomic E-state index is 11.0. The van der Waals surface area contributed by atoms with Crippen LogP contribution in [-0.2, 0) is 33.5 Å². The minimum absolute atomic E-state index is 0.250. The van der Waals surface area contributed by atoms with Crippen LogP contribution in [0.1, 0.15) is 255 Å². The molecule has 0 aromatic rings. The van der Waals surface area contributed by atoms with Gasteiger partial charge in [-0.2, -0.15) is 11.8 Å². The van der Waals surface area contributed by atoms with Crippen LogP contribution in [0.2, 0.25) is 0 Å². The number of carbonyl (C=O) groups excluding carboxylic acids is 6. The van der Waals surface area contributed by atoms with E-state index in [1.165, 1.54) is 82.0 Å². The molecular formula is C63H134N4O8S. The second-order valence-corrected chi connectivity index (χ2v) is 22.5. The zero-order valence-electron chi connectivity index (χ0n) is 54.8. The van der Waals surface area contributed by atoms with Gasteiger partial charge in [-0.15, -0.1) is 0 Å². The molecule has 4 amide bonds. The number of hydrogen-bond acceptors (Lipinski definition) is 9. The predicted octanol–water partition coefficient (Wildman–Crippen LogP) is 15.6. The quantitative estimate of drug-likeness (QED) is 0.0374. The van der Waals surface area contributed by atoms with Crippen molar-refractivity contribution in [3.05, 3.63) is 23.8 Å². The van der Waals surface area contributed by atoms with Gasteiger partial charge in [0.1, 0.15) is 12.1 Å². The SMILES string of the molecule is CC.CC(C)C.CC1=CCC(CC(C=O)NC=O)C=C1.CCC.CCC(C)SCCCC(C)(C)C.CCCC(OC)C(C)C(C)CC.CCCCCC(CC(C)=O)C(C)C.CCCCNC=O.CNC=O.CO.NC=O. The molecule has 1 aliphatic carbocycles. The van der Waals surface area contributed by atoms with Crippen LogP contribution in [0.5, 0.6) is 0 Å². The van der Waals surface area contributed by atoms with E-state index in [0.29, 0.717) is 60.2 Å². The molecule has 1 aliphatic rings. The lowest BCUT2D eigenvalue weighted by molar-refractivity contribution is -0.118. The maximum Gasteiger partial charge on any atom is 0.207 e. The smallest absolute Gasteiger partial charge is 0.207 e. The van der Waals surface area contributed by atoms with Crippen molar-refractivity contribution in [1.29, 1.82) is 0 Å². The number of allylic oxidation sites excluding steroid dienone is 4. The highest BCUT2D eigenvalue weighted by atomic mass is 32.2. The summed E-state index contributed by atoms with van der Waals surface area (Å²) in [6.45, 7) is 48.7. The third-order valence-corrected chi connectivity index (χ3v) is 12.4. The van der Waals surface area contributed by atoms with Gasteiger partial charge in [-0.3, -0.25) is 19.2 Å². The molecule has 0 spiro atoms. The second kappa shape index (κ2) is 80.8. The minimum Gasteiger partial charge on any atom is -0.400 e. The Hall–Kier alpha value is -3.03. The van der Waals surface area contributed by atoms with Crippen LogP contribution in [0.3, 0.4) is 0 Å². The molecule has 0 saturated heterocycles. The number of ketones is 1. The van der Waals surface area contributed by atoms with E-state index in [9.17, 15) is 19.2 Å². The Bertz CT molecular complexity index is 1190. The summed E-state index contributed by atoms with van der Waals surface area (Å²) in [4.78, 5) is 58.9. The van der Waals surface area contributed by atoms with Gasteiger partial charge in [-0.25, -0.2) is 0 Å². The zero-order chi connectivity index (χ0) is 61.8. The Labute approximate surface area is 478 Å². The van der Waals surface area contributed by atoms with E-state index < -0.39 is 0 Å². The van der Waals surface area contributed by atoms with E-state index in [1.54, 1.807) is 14.0 Å². The molecule has 76 heavy (non-hydrogen) atoms. The molecule has 0 heterocycles. The summed E-state index contributed by atoms with van der Waals surface area (Å²) in [5.41, 5.74) is 5.95. The number of ether oxygens (including phenoxy) is 1. The van der Waals surface area contributed by atoms with Gasteiger partial charge in [0.15, 0.2) is 0 Å². The highest BCUT2D eigenvalue weighted by Crippen LogP contribution is 2.25. The van der Waals surface area contributed by atoms with Crippen molar-refractivity contribution < 1.29 is 38.6 Å². The lowest BCUT2D eigenvalue weighted by Crippen LogP contribution is -2.31. The molecule has 12 nitrogen and oxygen atoms in total. The largest absolute Gasteiger partial charge is 0.400 e. The average molecular weight is 1110 g/mol. The minimum atomic E-state index is -0.353. The summed E-state index contributed by atoms with van der Waals surface area (Å²) in [6.07, 6.45) is 28.4. The zero-order valence-corrected chi connectivity index (χ0v) is 55.6. The Kier molecular flexibility index (Phi) is 101. The molecule has 7 atom stereocenters. The summed E-state index contributed by atoms with van der Waals surface area (Å²) in [5.74, 6) is 5.62. The summed E-state index contributed by atoms with van der Waals surface area (Å²) >= 11 is 2.12. The third-order valence-electron chi connectivity index (χ3n) is 11.0. The Morgan fingerprint density at radius 3 is 1.63 bits per heavy atom. The molecular weight excluding hydrogens is 973 g/mol. The van der Waals surface area contributed by atoms with Gasteiger partial charge in [-0.1, -0.05) is 207 Å². The van der Waals surface area contributed by atoms with E-state index in [4.69, 9.17) is 19.4 Å². The van der Waals surface area contributed by atoms with Crippen LogP contribution in [0.4, 0.5) is 0 Å². The fourth-order valence-electron chi connectivity index (χ4n) is 6.18. The fraction of sp³-hybridized carbons (Fsp3) is 0.841. The molecule has 0 aliphatic heterocycles. The lowest BCUT2D eigenvalue weighted by atomic mass is 9.86. The number of aldehydes is 1.